The fourth-order valence-electron chi connectivity index (χ4n) is 1.38. The summed E-state index contributed by atoms with van der Waals surface area (Å²) in [5.74, 6) is -1.11. The first-order valence-electron chi connectivity index (χ1n) is 6.34. The Labute approximate surface area is 131 Å². The number of anilines is 1. The van der Waals surface area contributed by atoms with Gasteiger partial charge in [-0.15, -0.1) is 0 Å². The van der Waals surface area contributed by atoms with E-state index in [1.807, 2.05) is 0 Å². The molecule has 0 bridgehead atoms. The molecule has 1 aromatic rings. The number of nitrogens with one attached hydrogen (secondary N) is 2. The average molecular weight is 361 g/mol. The van der Waals surface area contributed by atoms with Crippen molar-refractivity contribution in [2.24, 2.45) is 0 Å². The van der Waals surface area contributed by atoms with Gasteiger partial charge in [-0.2, -0.15) is 0 Å². The van der Waals surface area contributed by atoms with Crippen LogP contribution in [-0.4, -0.2) is 23.6 Å². The summed E-state index contributed by atoms with van der Waals surface area (Å²) in [5, 5.41) is 4.78. The molecule has 0 saturated heterocycles. The van der Waals surface area contributed by atoms with Gasteiger partial charge in [0.05, 0.1) is 5.69 Å². The number of ether oxygens (including phenoxy) is 1. The van der Waals surface area contributed by atoms with Crippen LogP contribution in [0.5, 0.6) is 0 Å². The predicted octanol–water partition coefficient (Wildman–Crippen LogP) is 3.44. The fourth-order valence-corrected chi connectivity index (χ4v) is 1.71. The number of carbonyl (C=O) groups excluding carboxylic acids is 2. The van der Waals surface area contributed by atoms with Crippen LogP contribution < -0.4 is 10.6 Å². The lowest BCUT2D eigenvalue weighted by Crippen LogP contribution is -2.44. The maximum atomic E-state index is 13.6. The quantitative estimate of drug-likeness (QED) is 0.867. The molecule has 0 aliphatic heterocycles. The number of amides is 2. The summed E-state index contributed by atoms with van der Waals surface area (Å²) in [4.78, 5) is 23.4. The maximum Gasteiger partial charge on any atom is 0.408 e. The number of carbonyl (C=O) groups is 2. The van der Waals surface area contributed by atoms with Crippen LogP contribution in [0, 0.1) is 5.82 Å². The standard InChI is InChI=1S/C14H18BrFN2O3/c1-8(17-13(20)21-14(2,3)4)12(19)18-11-6-5-9(15)7-10(11)16/h5-8H,1-4H3,(H,17,20)(H,18,19). The Morgan fingerprint density at radius 3 is 2.48 bits per heavy atom. The normalized spacial score (nSPS) is 12.5. The van der Waals surface area contributed by atoms with Gasteiger partial charge in [0.1, 0.15) is 17.5 Å². The molecule has 7 heteroatoms. The number of halogens is 2. The second kappa shape index (κ2) is 6.89. The molecule has 0 heterocycles. The third-order valence-electron chi connectivity index (χ3n) is 2.32. The van der Waals surface area contributed by atoms with Crippen LogP contribution in [-0.2, 0) is 9.53 Å². The van der Waals surface area contributed by atoms with Crippen LogP contribution in [0.25, 0.3) is 0 Å². The van der Waals surface area contributed by atoms with Gasteiger partial charge in [0.25, 0.3) is 0 Å². The van der Waals surface area contributed by atoms with Gasteiger partial charge in [-0.3, -0.25) is 4.79 Å². The zero-order valence-corrected chi connectivity index (χ0v) is 13.9. The van der Waals surface area contributed by atoms with Crippen molar-refractivity contribution < 1.29 is 18.7 Å². The van der Waals surface area contributed by atoms with Crippen LogP contribution >= 0.6 is 15.9 Å². The second-order valence-corrected chi connectivity index (χ2v) is 6.40. The highest BCUT2D eigenvalue weighted by atomic mass is 79.9. The lowest BCUT2D eigenvalue weighted by atomic mass is 10.2. The molecule has 2 amide bonds. The van der Waals surface area contributed by atoms with Gasteiger partial charge < -0.3 is 15.4 Å². The average Bonchev–Trinajstić information content (AvgIpc) is 2.29. The van der Waals surface area contributed by atoms with Crippen molar-refractivity contribution in [2.45, 2.75) is 39.3 Å². The molecule has 1 aromatic carbocycles. The summed E-state index contributed by atoms with van der Waals surface area (Å²) in [6.07, 6.45) is -0.707. The van der Waals surface area contributed by atoms with Crippen LogP contribution in [0.4, 0.5) is 14.9 Å². The first-order valence-corrected chi connectivity index (χ1v) is 7.13. The zero-order chi connectivity index (χ0) is 16.2. The number of hydrogen-bond donors (Lipinski definition) is 2. The number of alkyl carbamates (subject to hydrolysis) is 1. The Morgan fingerprint density at radius 2 is 1.95 bits per heavy atom. The predicted molar refractivity (Wildman–Crippen MR) is 81.6 cm³/mol. The van der Waals surface area contributed by atoms with Crippen molar-refractivity contribution >= 4 is 33.6 Å². The minimum atomic E-state index is -0.858. The first-order chi connectivity index (χ1) is 9.58. The Kier molecular flexibility index (Phi) is 5.71. The van der Waals surface area contributed by atoms with Crippen molar-refractivity contribution in [1.29, 1.82) is 0 Å². The Hall–Kier alpha value is -1.63. The van der Waals surface area contributed by atoms with Gasteiger partial charge in [-0.05, 0) is 45.9 Å². The highest BCUT2D eigenvalue weighted by Crippen LogP contribution is 2.19. The van der Waals surface area contributed by atoms with Gasteiger partial charge in [0.2, 0.25) is 5.91 Å². The molecular formula is C14H18BrFN2O3. The molecule has 0 aliphatic rings. The monoisotopic (exact) mass is 360 g/mol. The number of benzene rings is 1. The molecule has 0 spiro atoms. The lowest BCUT2D eigenvalue weighted by Gasteiger charge is -2.21. The van der Waals surface area contributed by atoms with Crippen LogP contribution in [0.3, 0.4) is 0 Å². The van der Waals surface area contributed by atoms with E-state index in [0.717, 1.165) is 0 Å². The summed E-state index contributed by atoms with van der Waals surface area (Å²) in [6, 6.07) is 3.41. The molecule has 0 radical (unpaired) electrons. The van der Waals surface area contributed by atoms with E-state index in [0.29, 0.717) is 4.47 Å². The minimum absolute atomic E-state index is 0.0426. The minimum Gasteiger partial charge on any atom is -0.444 e. The van der Waals surface area contributed by atoms with E-state index in [9.17, 15) is 14.0 Å². The lowest BCUT2D eigenvalue weighted by molar-refractivity contribution is -0.117. The van der Waals surface area contributed by atoms with Gasteiger partial charge in [0, 0.05) is 4.47 Å². The smallest absolute Gasteiger partial charge is 0.408 e. The summed E-state index contributed by atoms with van der Waals surface area (Å²) in [7, 11) is 0. The molecule has 1 atom stereocenters. The zero-order valence-electron chi connectivity index (χ0n) is 12.3. The summed E-state index contributed by atoms with van der Waals surface area (Å²) in [5.41, 5.74) is -0.612. The van der Waals surface area contributed by atoms with E-state index < -0.39 is 29.5 Å². The SMILES string of the molecule is CC(NC(=O)OC(C)(C)C)C(=O)Nc1ccc(Br)cc1F. The van der Waals surface area contributed by atoms with E-state index in [1.165, 1.54) is 19.1 Å². The Balaban J connectivity index is 2.61. The molecule has 1 rings (SSSR count). The summed E-state index contributed by atoms with van der Waals surface area (Å²) in [6.45, 7) is 6.63. The second-order valence-electron chi connectivity index (χ2n) is 5.48. The Bertz CT molecular complexity index is 544. The van der Waals surface area contributed by atoms with Crippen LogP contribution in [0.15, 0.2) is 22.7 Å². The first kappa shape index (κ1) is 17.4. The van der Waals surface area contributed by atoms with Crippen molar-refractivity contribution in [2.75, 3.05) is 5.32 Å². The van der Waals surface area contributed by atoms with Gasteiger partial charge in [-0.1, -0.05) is 15.9 Å². The van der Waals surface area contributed by atoms with Crippen molar-refractivity contribution in [3.63, 3.8) is 0 Å². The van der Waals surface area contributed by atoms with Gasteiger partial charge in [0.15, 0.2) is 0 Å². The molecule has 0 aromatic heterocycles. The van der Waals surface area contributed by atoms with Gasteiger partial charge >= 0.3 is 6.09 Å². The van der Waals surface area contributed by atoms with Gasteiger partial charge in [-0.25, -0.2) is 9.18 Å². The third kappa shape index (κ3) is 6.12. The molecule has 0 saturated carbocycles. The van der Waals surface area contributed by atoms with E-state index in [2.05, 4.69) is 26.6 Å². The van der Waals surface area contributed by atoms with E-state index in [-0.39, 0.29) is 5.69 Å². The van der Waals surface area contributed by atoms with Crippen LogP contribution in [0.2, 0.25) is 0 Å². The molecule has 0 fully saturated rings. The van der Waals surface area contributed by atoms with Crippen LogP contribution in [0.1, 0.15) is 27.7 Å². The maximum absolute atomic E-state index is 13.6. The van der Waals surface area contributed by atoms with E-state index in [1.54, 1.807) is 26.8 Å². The molecule has 0 aliphatic carbocycles. The highest BCUT2D eigenvalue weighted by Gasteiger charge is 2.21. The summed E-state index contributed by atoms with van der Waals surface area (Å²) >= 11 is 3.13. The van der Waals surface area contributed by atoms with Crippen molar-refractivity contribution in [1.82, 2.24) is 5.32 Å². The third-order valence-corrected chi connectivity index (χ3v) is 2.81. The van der Waals surface area contributed by atoms with Crippen molar-refractivity contribution in [3.8, 4) is 0 Å². The molecule has 1 unspecified atom stereocenters. The molecular weight excluding hydrogens is 343 g/mol. The molecule has 21 heavy (non-hydrogen) atoms. The molecule has 5 nitrogen and oxygen atoms in total. The Morgan fingerprint density at radius 1 is 1.33 bits per heavy atom. The van der Waals surface area contributed by atoms with Crippen molar-refractivity contribution in [3.05, 3.63) is 28.5 Å². The highest BCUT2D eigenvalue weighted by molar-refractivity contribution is 9.10. The number of rotatable bonds is 3. The van der Waals surface area contributed by atoms with E-state index in [4.69, 9.17) is 4.74 Å². The topological polar surface area (TPSA) is 67.4 Å². The molecule has 2 N–H and O–H groups in total. The largest absolute Gasteiger partial charge is 0.444 e. The van der Waals surface area contributed by atoms with E-state index >= 15 is 0 Å². The fraction of sp³-hybridized carbons (Fsp3) is 0.429. The summed E-state index contributed by atoms with van der Waals surface area (Å²) < 4.78 is 19.2. The molecule has 116 valence electrons. The number of hydrogen-bond acceptors (Lipinski definition) is 3.